The zero-order chi connectivity index (χ0) is 46.3. The molecule has 8 nitrogen and oxygen atoms in total. The van der Waals surface area contributed by atoms with Gasteiger partial charge in [0.05, 0.1) is 40.3 Å². The van der Waals surface area contributed by atoms with Gasteiger partial charge in [-0.05, 0) is 64.2 Å². The Hall–Kier alpha value is -2.45. The summed E-state index contributed by atoms with van der Waals surface area (Å²) in [6.07, 6.45) is 54.6. The van der Waals surface area contributed by atoms with Crippen molar-refractivity contribution in [3.05, 3.63) is 36.5 Å². The molecule has 63 heavy (non-hydrogen) atoms. The molecule has 368 valence electrons. The molecule has 0 aromatic carbocycles. The van der Waals surface area contributed by atoms with Crippen molar-refractivity contribution < 1.29 is 38.2 Å². The maximum atomic E-state index is 12.8. The predicted octanol–water partition coefficient (Wildman–Crippen LogP) is 14.0. The molecular weight excluding hydrogens is 787 g/mol. The molecule has 0 bridgehead atoms. The Kier molecular flexibility index (Phi) is 44.3. The molecule has 0 heterocycles. The summed E-state index contributed by atoms with van der Waals surface area (Å²) in [5.74, 6) is -1.73. The van der Waals surface area contributed by atoms with Crippen LogP contribution in [0.2, 0.25) is 0 Å². The van der Waals surface area contributed by atoms with E-state index >= 15 is 0 Å². The number of nitrogens with zero attached hydrogens (tertiary/aromatic N) is 1. The predicted molar refractivity (Wildman–Crippen MR) is 263 cm³/mol. The summed E-state index contributed by atoms with van der Waals surface area (Å²) >= 11 is 0. The lowest BCUT2D eigenvalue weighted by molar-refractivity contribution is -0.889. The number of quaternary nitrogens is 1. The van der Waals surface area contributed by atoms with Crippen LogP contribution in [0.3, 0.4) is 0 Å². The van der Waals surface area contributed by atoms with Gasteiger partial charge in [-0.15, -0.1) is 0 Å². The Morgan fingerprint density at radius 1 is 0.476 bits per heavy atom. The second kappa shape index (κ2) is 46.1. The highest BCUT2D eigenvalue weighted by atomic mass is 16.6. The molecule has 0 amide bonds. The minimum absolute atomic E-state index is 0.0400. The standard InChI is InChI=1S/C55H101NO7/c1-6-8-10-12-14-16-18-20-22-24-26-28-30-32-34-36-38-40-42-44-46-54(58)63-51(49-61-48-47-52(55(59)60)56(3,4)5)50-62-53(57)45-43-41-39-37-35-33-31-29-27-25-23-21-19-17-15-13-11-9-7-2/h15,17,19,21,26,28,51-52H,6-14,16,18,20,22-25,27,29-50H2,1-5H3/b17-15+,21-19+,28-26+. The van der Waals surface area contributed by atoms with Gasteiger partial charge < -0.3 is 28.6 Å². The first-order valence-corrected chi connectivity index (χ1v) is 26.5. The summed E-state index contributed by atoms with van der Waals surface area (Å²) in [5.41, 5.74) is 0. The average molecular weight is 888 g/mol. The van der Waals surface area contributed by atoms with Crippen LogP contribution in [0.5, 0.6) is 0 Å². The van der Waals surface area contributed by atoms with Gasteiger partial charge in [-0.25, -0.2) is 0 Å². The summed E-state index contributed by atoms with van der Waals surface area (Å²) in [6.45, 7) is 4.66. The molecule has 0 aromatic heterocycles. The lowest BCUT2D eigenvalue weighted by Crippen LogP contribution is -2.55. The number of hydrogen-bond acceptors (Lipinski definition) is 7. The SMILES string of the molecule is CCCCC/C=C/C=C/CCCCCCCCCCCCC(=O)OCC(COCCC(C(=O)[O-])[N+](C)(C)C)OC(=O)CCCCCCCCC/C=C/CCCCCCCCCCC. The minimum atomic E-state index is -1.12. The lowest BCUT2D eigenvalue weighted by Gasteiger charge is -2.34. The number of unbranched alkanes of at least 4 members (excludes halogenated alkanes) is 29. The molecule has 0 fully saturated rings. The van der Waals surface area contributed by atoms with E-state index in [0.717, 1.165) is 38.5 Å². The third-order valence-electron chi connectivity index (χ3n) is 12.0. The van der Waals surface area contributed by atoms with Crippen molar-refractivity contribution in [2.75, 3.05) is 41.0 Å². The van der Waals surface area contributed by atoms with E-state index in [2.05, 4.69) is 50.3 Å². The van der Waals surface area contributed by atoms with Gasteiger partial charge in [0, 0.05) is 19.3 Å². The Balaban J connectivity index is 4.23. The number of aliphatic carboxylic acids is 1. The van der Waals surface area contributed by atoms with Crippen molar-refractivity contribution in [1.29, 1.82) is 0 Å². The first-order valence-electron chi connectivity index (χ1n) is 26.5. The van der Waals surface area contributed by atoms with Crippen LogP contribution in [0.4, 0.5) is 0 Å². The molecule has 0 N–H and O–H groups in total. The second-order valence-electron chi connectivity index (χ2n) is 19.1. The number of carbonyl (C=O) groups excluding carboxylic acids is 3. The third-order valence-corrected chi connectivity index (χ3v) is 12.0. The molecule has 0 saturated heterocycles. The van der Waals surface area contributed by atoms with E-state index in [1.54, 1.807) is 21.1 Å². The normalized spacial score (nSPS) is 13.1. The summed E-state index contributed by atoms with van der Waals surface area (Å²) in [5, 5.41) is 11.7. The minimum Gasteiger partial charge on any atom is -0.544 e. The number of hydrogen-bond donors (Lipinski definition) is 0. The molecule has 0 radical (unpaired) electrons. The number of allylic oxidation sites excluding steroid dienone is 6. The summed E-state index contributed by atoms with van der Waals surface area (Å²) in [7, 11) is 5.42. The zero-order valence-corrected chi connectivity index (χ0v) is 42.0. The van der Waals surface area contributed by atoms with E-state index in [4.69, 9.17) is 14.2 Å². The van der Waals surface area contributed by atoms with E-state index in [-0.39, 0.29) is 42.7 Å². The molecule has 0 aliphatic carbocycles. The van der Waals surface area contributed by atoms with E-state index in [9.17, 15) is 19.5 Å². The monoisotopic (exact) mass is 888 g/mol. The van der Waals surface area contributed by atoms with Crippen LogP contribution in [0.25, 0.3) is 0 Å². The number of esters is 2. The first-order chi connectivity index (χ1) is 30.6. The number of ether oxygens (including phenoxy) is 3. The van der Waals surface area contributed by atoms with E-state index < -0.39 is 18.1 Å². The molecule has 0 spiro atoms. The van der Waals surface area contributed by atoms with Gasteiger partial charge in [0.25, 0.3) is 0 Å². The first kappa shape index (κ1) is 60.5. The van der Waals surface area contributed by atoms with Crippen LogP contribution in [0.1, 0.15) is 245 Å². The van der Waals surface area contributed by atoms with Crippen LogP contribution >= 0.6 is 0 Å². The molecule has 2 atom stereocenters. The fraction of sp³-hybridized carbons (Fsp3) is 0.836. The van der Waals surface area contributed by atoms with Gasteiger partial charge in [0.1, 0.15) is 12.6 Å². The molecule has 8 heteroatoms. The second-order valence-corrected chi connectivity index (χ2v) is 19.1. The smallest absolute Gasteiger partial charge is 0.306 e. The number of likely N-dealkylation sites (N-methyl/N-ethyl adjacent to an activating group) is 1. The highest BCUT2D eigenvalue weighted by molar-refractivity contribution is 5.70. The summed E-state index contributed by atoms with van der Waals surface area (Å²) in [6, 6.07) is -0.727. The summed E-state index contributed by atoms with van der Waals surface area (Å²) in [4.78, 5) is 37.1. The topological polar surface area (TPSA) is 102 Å². The lowest BCUT2D eigenvalue weighted by atomic mass is 10.1. The van der Waals surface area contributed by atoms with Crippen LogP contribution in [0.15, 0.2) is 36.5 Å². The maximum Gasteiger partial charge on any atom is 0.306 e. The van der Waals surface area contributed by atoms with E-state index in [0.29, 0.717) is 12.8 Å². The maximum absolute atomic E-state index is 12.8. The molecular formula is C55H101NO7. The Bertz CT molecular complexity index is 1130. The number of carboxylic acids is 1. The highest BCUT2D eigenvalue weighted by Gasteiger charge is 2.25. The molecule has 0 aromatic rings. The zero-order valence-electron chi connectivity index (χ0n) is 42.0. The fourth-order valence-corrected chi connectivity index (χ4v) is 7.88. The van der Waals surface area contributed by atoms with Gasteiger partial charge in [-0.1, -0.05) is 198 Å². The van der Waals surface area contributed by atoms with Crippen LogP contribution in [0, 0.1) is 0 Å². The molecule has 0 saturated carbocycles. The van der Waals surface area contributed by atoms with Crippen LogP contribution in [-0.4, -0.2) is 75.5 Å². The molecule has 0 aliphatic heterocycles. The largest absolute Gasteiger partial charge is 0.544 e. The third kappa shape index (κ3) is 44.5. The van der Waals surface area contributed by atoms with Gasteiger partial charge in [-0.2, -0.15) is 0 Å². The van der Waals surface area contributed by atoms with Crippen LogP contribution in [-0.2, 0) is 28.6 Å². The van der Waals surface area contributed by atoms with Gasteiger partial charge in [0.15, 0.2) is 6.10 Å². The van der Waals surface area contributed by atoms with Crippen LogP contribution < -0.4 is 5.11 Å². The average Bonchev–Trinajstić information content (AvgIpc) is 3.24. The molecule has 0 rings (SSSR count). The Labute approximate surface area is 389 Å². The van der Waals surface area contributed by atoms with Crippen molar-refractivity contribution in [3.8, 4) is 0 Å². The fourth-order valence-electron chi connectivity index (χ4n) is 7.88. The quantitative estimate of drug-likeness (QED) is 0.0197. The van der Waals surface area contributed by atoms with Gasteiger partial charge >= 0.3 is 11.9 Å². The molecule has 0 aliphatic rings. The van der Waals surface area contributed by atoms with Crippen molar-refractivity contribution in [2.45, 2.75) is 257 Å². The van der Waals surface area contributed by atoms with E-state index in [1.807, 2.05) is 0 Å². The Morgan fingerprint density at radius 3 is 1.27 bits per heavy atom. The highest BCUT2D eigenvalue weighted by Crippen LogP contribution is 2.16. The van der Waals surface area contributed by atoms with Crippen molar-refractivity contribution in [1.82, 2.24) is 0 Å². The number of rotatable bonds is 48. The number of carbonyl (C=O) groups is 3. The van der Waals surface area contributed by atoms with Crippen molar-refractivity contribution in [3.63, 3.8) is 0 Å². The van der Waals surface area contributed by atoms with Crippen molar-refractivity contribution in [2.24, 2.45) is 0 Å². The number of carboxylic acid groups (broad SMARTS) is 1. The molecule has 2 unspecified atom stereocenters. The summed E-state index contributed by atoms with van der Waals surface area (Å²) < 4.78 is 17.3. The van der Waals surface area contributed by atoms with E-state index in [1.165, 1.54) is 173 Å². The van der Waals surface area contributed by atoms with Gasteiger partial charge in [0.2, 0.25) is 0 Å². The van der Waals surface area contributed by atoms with Crippen molar-refractivity contribution >= 4 is 17.9 Å². The van der Waals surface area contributed by atoms with Gasteiger partial charge in [-0.3, -0.25) is 9.59 Å². The Morgan fingerprint density at radius 2 is 0.841 bits per heavy atom.